The molecule has 0 aliphatic heterocycles. The van der Waals surface area contributed by atoms with Gasteiger partial charge in [-0.05, 0) is 24.2 Å². The van der Waals surface area contributed by atoms with Crippen LogP contribution in [0, 0.1) is 17.8 Å². The number of hydrogen-bond acceptors (Lipinski definition) is 0. The van der Waals surface area contributed by atoms with Gasteiger partial charge in [-0.25, -0.2) is 0 Å². The molecule has 0 heterocycles. The monoisotopic (exact) mass is 306 g/mol. The molecule has 0 spiro atoms. The minimum absolute atomic E-state index is 1.11. The van der Waals surface area contributed by atoms with Gasteiger partial charge in [-0.1, -0.05) is 116 Å². The van der Waals surface area contributed by atoms with E-state index in [4.69, 9.17) is 0 Å². The van der Waals surface area contributed by atoms with Gasteiger partial charge in [0.05, 0.1) is 0 Å². The van der Waals surface area contributed by atoms with Crippen molar-refractivity contribution in [2.45, 2.75) is 122 Å². The van der Waals surface area contributed by atoms with Crippen molar-refractivity contribution in [2.75, 3.05) is 0 Å². The van der Waals surface area contributed by atoms with E-state index in [1.165, 1.54) is 83.5 Å². The maximum Gasteiger partial charge on any atom is -0.0357 e. The Labute approximate surface area is 140 Å². The summed E-state index contributed by atoms with van der Waals surface area (Å²) < 4.78 is 0. The number of unbranched alkanes of at least 4 members (excludes halogenated alkanes) is 6. The first-order valence-corrected chi connectivity index (χ1v) is 10.9. The Hall–Kier alpha value is 0. The van der Waals surface area contributed by atoms with E-state index in [2.05, 4.69) is 6.92 Å². The van der Waals surface area contributed by atoms with E-state index in [1.807, 2.05) is 0 Å². The molecule has 130 valence electrons. The maximum absolute atomic E-state index is 2.32. The summed E-state index contributed by atoms with van der Waals surface area (Å²) in [6, 6.07) is 0. The molecule has 0 atom stereocenters. The molecule has 0 aromatic heterocycles. The van der Waals surface area contributed by atoms with E-state index >= 15 is 0 Å². The lowest BCUT2D eigenvalue weighted by atomic mass is 9.68. The average Bonchev–Trinajstić information content (AvgIpc) is 2.59. The van der Waals surface area contributed by atoms with Crippen molar-refractivity contribution in [1.29, 1.82) is 0 Å². The smallest absolute Gasteiger partial charge is 0.0357 e. The maximum atomic E-state index is 2.32. The second kappa shape index (κ2) is 11.5. The van der Waals surface area contributed by atoms with Crippen molar-refractivity contribution in [1.82, 2.24) is 0 Å². The summed E-state index contributed by atoms with van der Waals surface area (Å²) in [6.45, 7) is 2.32. The van der Waals surface area contributed by atoms with Gasteiger partial charge in [0.1, 0.15) is 0 Å². The molecular weight excluding hydrogens is 264 g/mol. The predicted octanol–water partition coefficient (Wildman–Crippen LogP) is 7.90. The molecule has 2 saturated carbocycles. The van der Waals surface area contributed by atoms with E-state index in [-0.39, 0.29) is 0 Å². The fourth-order valence-electron chi connectivity index (χ4n) is 5.32. The van der Waals surface area contributed by atoms with Gasteiger partial charge < -0.3 is 0 Å². The zero-order chi connectivity index (χ0) is 15.5. The third kappa shape index (κ3) is 6.63. The third-order valence-electron chi connectivity index (χ3n) is 6.65. The molecule has 2 aliphatic rings. The Morgan fingerprint density at radius 3 is 1.55 bits per heavy atom. The van der Waals surface area contributed by atoms with Crippen LogP contribution in [0.2, 0.25) is 0 Å². The first kappa shape index (κ1) is 18.3. The number of rotatable bonds is 10. The average molecular weight is 307 g/mol. The lowest BCUT2D eigenvalue weighted by molar-refractivity contribution is 0.131. The van der Waals surface area contributed by atoms with Gasteiger partial charge in [0, 0.05) is 0 Å². The molecule has 0 N–H and O–H groups in total. The molecule has 0 heteroatoms. The van der Waals surface area contributed by atoms with E-state index in [1.54, 1.807) is 32.1 Å². The Morgan fingerprint density at radius 1 is 0.591 bits per heavy atom. The molecule has 2 rings (SSSR count). The SMILES string of the molecule is CCCCCCCCCC(C1CCCCC1)C1CCCCC1. The van der Waals surface area contributed by atoms with Crippen molar-refractivity contribution < 1.29 is 0 Å². The van der Waals surface area contributed by atoms with Crippen molar-refractivity contribution in [3.05, 3.63) is 0 Å². The number of hydrogen-bond donors (Lipinski definition) is 0. The van der Waals surface area contributed by atoms with Crippen molar-refractivity contribution in [3.63, 3.8) is 0 Å². The van der Waals surface area contributed by atoms with Crippen molar-refractivity contribution in [2.24, 2.45) is 17.8 Å². The summed E-state index contributed by atoms with van der Waals surface area (Å²) in [5.41, 5.74) is 0. The van der Waals surface area contributed by atoms with Crippen molar-refractivity contribution in [3.8, 4) is 0 Å². The molecule has 0 bridgehead atoms. The fourth-order valence-corrected chi connectivity index (χ4v) is 5.32. The van der Waals surface area contributed by atoms with Crippen LogP contribution in [0.5, 0.6) is 0 Å². The summed E-state index contributed by atoms with van der Waals surface area (Å²) in [5.74, 6) is 3.32. The first-order chi connectivity index (χ1) is 10.9. The summed E-state index contributed by atoms with van der Waals surface area (Å²) in [5, 5.41) is 0. The highest BCUT2D eigenvalue weighted by Crippen LogP contribution is 2.42. The standard InChI is InChI=1S/C22H42/c1-2-3-4-5-6-7-14-19-22(20-15-10-8-11-16-20)21-17-12-9-13-18-21/h20-22H,2-19H2,1H3. The topological polar surface area (TPSA) is 0 Å². The molecular formula is C22H42. The highest BCUT2D eigenvalue weighted by Gasteiger charge is 2.30. The largest absolute Gasteiger partial charge is 0.0654 e. The minimum Gasteiger partial charge on any atom is -0.0654 e. The summed E-state index contributed by atoms with van der Waals surface area (Å²) in [6.07, 6.45) is 27.4. The second-order valence-corrected chi connectivity index (χ2v) is 8.37. The van der Waals surface area contributed by atoms with E-state index in [0.717, 1.165) is 17.8 Å². The molecule has 2 aliphatic carbocycles. The summed E-state index contributed by atoms with van der Waals surface area (Å²) in [7, 11) is 0. The highest BCUT2D eigenvalue weighted by atomic mass is 14.4. The van der Waals surface area contributed by atoms with Crippen LogP contribution in [0.4, 0.5) is 0 Å². The van der Waals surface area contributed by atoms with Gasteiger partial charge in [0.25, 0.3) is 0 Å². The van der Waals surface area contributed by atoms with Crippen LogP contribution in [-0.4, -0.2) is 0 Å². The van der Waals surface area contributed by atoms with Gasteiger partial charge in [0.2, 0.25) is 0 Å². The molecule has 0 aromatic carbocycles. The zero-order valence-corrected chi connectivity index (χ0v) is 15.5. The third-order valence-corrected chi connectivity index (χ3v) is 6.65. The van der Waals surface area contributed by atoms with Crippen LogP contribution in [-0.2, 0) is 0 Å². The van der Waals surface area contributed by atoms with Crippen molar-refractivity contribution >= 4 is 0 Å². The first-order valence-electron chi connectivity index (χ1n) is 10.9. The molecule has 2 fully saturated rings. The Bertz CT molecular complexity index is 227. The Kier molecular flexibility index (Phi) is 9.61. The quantitative estimate of drug-likeness (QED) is 0.360. The zero-order valence-electron chi connectivity index (χ0n) is 15.5. The fraction of sp³-hybridized carbons (Fsp3) is 1.00. The molecule has 0 amide bonds. The summed E-state index contributed by atoms with van der Waals surface area (Å²) >= 11 is 0. The Morgan fingerprint density at radius 2 is 1.05 bits per heavy atom. The minimum atomic E-state index is 1.11. The van der Waals surface area contributed by atoms with E-state index < -0.39 is 0 Å². The van der Waals surface area contributed by atoms with Crippen LogP contribution in [0.3, 0.4) is 0 Å². The predicted molar refractivity (Wildman–Crippen MR) is 99.3 cm³/mol. The molecule has 0 unspecified atom stereocenters. The van der Waals surface area contributed by atoms with Crippen LogP contribution < -0.4 is 0 Å². The van der Waals surface area contributed by atoms with Gasteiger partial charge >= 0.3 is 0 Å². The highest BCUT2D eigenvalue weighted by molar-refractivity contribution is 4.81. The normalized spacial score (nSPS) is 21.5. The van der Waals surface area contributed by atoms with Gasteiger partial charge in [-0.2, -0.15) is 0 Å². The van der Waals surface area contributed by atoms with Crippen LogP contribution >= 0.6 is 0 Å². The molecule has 0 radical (unpaired) electrons. The van der Waals surface area contributed by atoms with Gasteiger partial charge in [-0.15, -0.1) is 0 Å². The van der Waals surface area contributed by atoms with Crippen LogP contribution in [0.15, 0.2) is 0 Å². The van der Waals surface area contributed by atoms with Crippen LogP contribution in [0.25, 0.3) is 0 Å². The van der Waals surface area contributed by atoms with E-state index in [9.17, 15) is 0 Å². The lowest BCUT2D eigenvalue weighted by Crippen LogP contribution is -2.27. The lowest BCUT2D eigenvalue weighted by Gasteiger charge is -2.38. The molecule has 0 saturated heterocycles. The van der Waals surface area contributed by atoms with E-state index in [0.29, 0.717) is 0 Å². The molecule has 0 nitrogen and oxygen atoms in total. The Balaban J connectivity index is 1.69. The second-order valence-electron chi connectivity index (χ2n) is 8.37. The molecule has 22 heavy (non-hydrogen) atoms. The van der Waals surface area contributed by atoms with Gasteiger partial charge in [0.15, 0.2) is 0 Å². The summed E-state index contributed by atoms with van der Waals surface area (Å²) in [4.78, 5) is 0. The van der Waals surface area contributed by atoms with Crippen LogP contribution in [0.1, 0.15) is 122 Å². The van der Waals surface area contributed by atoms with Gasteiger partial charge in [-0.3, -0.25) is 0 Å². The molecule has 0 aromatic rings.